The summed E-state index contributed by atoms with van der Waals surface area (Å²) in [4.78, 5) is 22.1. The maximum absolute atomic E-state index is 11.4. The Morgan fingerprint density at radius 2 is 1.83 bits per heavy atom. The lowest BCUT2D eigenvalue weighted by molar-refractivity contribution is -0.129. The van der Waals surface area contributed by atoms with Gasteiger partial charge in [0.15, 0.2) is 0 Å². The zero-order chi connectivity index (χ0) is 13.8. The van der Waals surface area contributed by atoms with E-state index in [1.54, 1.807) is 5.48 Å². The van der Waals surface area contributed by atoms with Gasteiger partial charge in [0.25, 0.3) is 0 Å². The second-order valence-corrected chi connectivity index (χ2v) is 3.85. The van der Waals surface area contributed by atoms with Crippen molar-refractivity contribution in [2.24, 2.45) is 11.5 Å². The Balaban J connectivity index is 3.46. The summed E-state index contributed by atoms with van der Waals surface area (Å²) in [5.74, 6) is -0.608. The molecule has 104 valence electrons. The molecule has 0 unspecified atom stereocenters. The van der Waals surface area contributed by atoms with Gasteiger partial charge in [0.2, 0.25) is 11.8 Å². The van der Waals surface area contributed by atoms with Crippen molar-refractivity contribution in [1.29, 1.82) is 0 Å². The molecule has 0 rings (SSSR count). The first-order valence-corrected chi connectivity index (χ1v) is 5.97. The molecule has 0 aliphatic carbocycles. The first kappa shape index (κ1) is 16.4. The van der Waals surface area contributed by atoms with Gasteiger partial charge in [0.05, 0.1) is 0 Å². The standard InChI is InChI=1S/C11H22N4O3/c12-7-9(8-13)11(17)14-6-4-2-1-3-5-10(16)15-18/h7,18H,1-6,8,12-13H2,(H,14,17)(H,15,16)/b9-7+. The fraction of sp³-hybridized carbons (Fsp3) is 0.636. The summed E-state index contributed by atoms with van der Waals surface area (Å²) in [6, 6.07) is 0. The van der Waals surface area contributed by atoms with Gasteiger partial charge in [-0.15, -0.1) is 0 Å². The number of unbranched alkanes of at least 4 members (excludes halogenated alkanes) is 3. The van der Waals surface area contributed by atoms with E-state index in [9.17, 15) is 9.59 Å². The van der Waals surface area contributed by atoms with E-state index in [1.165, 1.54) is 6.20 Å². The summed E-state index contributed by atoms with van der Waals surface area (Å²) in [6.07, 6.45) is 4.86. The van der Waals surface area contributed by atoms with Crippen LogP contribution < -0.4 is 22.3 Å². The van der Waals surface area contributed by atoms with Crippen LogP contribution in [0, 0.1) is 0 Å². The van der Waals surface area contributed by atoms with E-state index in [2.05, 4.69) is 5.32 Å². The van der Waals surface area contributed by atoms with Crippen LogP contribution in [0.3, 0.4) is 0 Å². The zero-order valence-corrected chi connectivity index (χ0v) is 10.4. The largest absolute Gasteiger partial charge is 0.404 e. The van der Waals surface area contributed by atoms with Gasteiger partial charge in [-0.2, -0.15) is 0 Å². The number of rotatable bonds is 9. The third-order valence-electron chi connectivity index (χ3n) is 2.45. The second kappa shape index (κ2) is 10.5. The molecule has 0 bridgehead atoms. The molecule has 18 heavy (non-hydrogen) atoms. The van der Waals surface area contributed by atoms with E-state index in [4.69, 9.17) is 16.7 Å². The fourth-order valence-corrected chi connectivity index (χ4v) is 1.37. The van der Waals surface area contributed by atoms with E-state index >= 15 is 0 Å². The average molecular weight is 258 g/mol. The smallest absolute Gasteiger partial charge is 0.249 e. The van der Waals surface area contributed by atoms with Gasteiger partial charge >= 0.3 is 0 Å². The minimum absolute atomic E-state index is 0.124. The average Bonchev–Trinajstić information content (AvgIpc) is 2.38. The molecule has 0 radical (unpaired) electrons. The maximum atomic E-state index is 11.4. The Kier molecular flexibility index (Phi) is 9.61. The lowest BCUT2D eigenvalue weighted by Crippen LogP contribution is -2.29. The Hall–Kier alpha value is -1.60. The van der Waals surface area contributed by atoms with Crippen LogP contribution >= 0.6 is 0 Å². The SMILES string of the molecule is N/C=C(\CN)C(=O)NCCCCCCC(=O)NO. The highest BCUT2D eigenvalue weighted by Crippen LogP contribution is 2.02. The first-order chi connectivity index (χ1) is 8.65. The molecule has 0 spiro atoms. The molecule has 0 aliphatic heterocycles. The topological polar surface area (TPSA) is 130 Å². The van der Waals surface area contributed by atoms with Crippen LogP contribution in [0.15, 0.2) is 11.8 Å². The van der Waals surface area contributed by atoms with Gasteiger partial charge in [-0.1, -0.05) is 12.8 Å². The quantitative estimate of drug-likeness (QED) is 0.162. The second-order valence-electron chi connectivity index (χ2n) is 3.85. The molecular weight excluding hydrogens is 236 g/mol. The molecule has 0 saturated carbocycles. The Morgan fingerprint density at radius 3 is 2.39 bits per heavy atom. The number of nitrogens with two attached hydrogens (primary N) is 2. The maximum Gasteiger partial charge on any atom is 0.249 e. The minimum Gasteiger partial charge on any atom is -0.404 e. The van der Waals surface area contributed by atoms with Gasteiger partial charge in [0, 0.05) is 31.3 Å². The first-order valence-electron chi connectivity index (χ1n) is 5.97. The van der Waals surface area contributed by atoms with E-state index in [0.29, 0.717) is 18.5 Å². The van der Waals surface area contributed by atoms with Crippen LogP contribution in [0.2, 0.25) is 0 Å². The van der Waals surface area contributed by atoms with Gasteiger partial charge in [-0.25, -0.2) is 5.48 Å². The molecule has 7 heteroatoms. The van der Waals surface area contributed by atoms with Gasteiger partial charge in [0.1, 0.15) is 0 Å². The number of nitrogens with one attached hydrogen (secondary N) is 2. The Labute approximate surface area is 107 Å². The van der Waals surface area contributed by atoms with Crippen molar-refractivity contribution in [3.63, 3.8) is 0 Å². The van der Waals surface area contributed by atoms with Crippen molar-refractivity contribution >= 4 is 11.8 Å². The predicted molar refractivity (Wildman–Crippen MR) is 67.3 cm³/mol. The van der Waals surface area contributed by atoms with Crippen molar-refractivity contribution in [3.05, 3.63) is 11.8 Å². The molecular formula is C11H22N4O3. The summed E-state index contributed by atoms with van der Waals surface area (Å²) in [6.45, 7) is 0.682. The van der Waals surface area contributed by atoms with Gasteiger partial charge in [-0.05, 0) is 12.8 Å². The van der Waals surface area contributed by atoms with Crippen LogP contribution in [0.4, 0.5) is 0 Å². The van der Waals surface area contributed by atoms with Gasteiger partial charge in [-0.3, -0.25) is 14.8 Å². The normalized spacial score (nSPS) is 11.1. The summed E-state index contributed by atoms with van der Waals surface area (Å²) in [5.41, 5.74) is 12.5. The summed E-state index contributed by atoms with van der Waals surface area (Å²) < 4.78 is 0. The number of hydrogen-bond acceptors (Lipinski definition) is 5. The van der Waals surface area contributed by atoms with Crippen LogP contribution in [0.25, 0.3) is 0 Å². The van der Waals surface area contributed by atoms with Crippen molar-refractivity contribution in [2.75, 3.05) is 13.1 Å². The Morgan fingerprint density at radius 1 is 1.17 bits per heavy atom. The van der Waals surface area contributed by atoms with Crippen LogP contribution in [-0.4, -0.2) is 30.1 Å². The number of amides is 2. The summed E-state index contributed by atoms with van der Waals surface area (Å²) in [5, 5.41) is 11.0. The molecule has 7 nitrogen and oxygen atoms in total. The van der Waals surface area contributed by atoms with Crippen LogP contribution in [0.1, 0.15) is 32.1 Å². The number of carbonyl (C=O) groups excluding carboxylic acids is 2. The molecule has 0 aliphatic rings. The van der Waals surface area contributed by atoms with Crippen LogP contribution in [0.5, 0.6) is 0 Å². The van der Waals surface area contributed by atoms with E-state index < -0.39 is 0 Å². The van der Waals surface area contributed by atoms with Crippen molar-refractivity contribution in [3.8, 4) is 0 Å². The third-order valence-corrected chi connectivity index (χ3v) is 2.45. The highest BCUT2D eigenvalue weighted by atomic mass is 16.5. The fourth-order valence-electron chi connectivity index (χ4n) is 1.37. The highest BCUT2D eigenvalue weighted by molar-refractivity contribution is 5.93. The molecule has 0 heterocycles. The minimum atomic E-state index is -0.371. The molecule has 0 atom stereocenters. The predicted octanol–water partition coefficient (Wildman–Crippen LogP) is -0.640. The van der Waals surface area contributed by atoms with E-state index in [1.807, 2.05) is 0 Å². The molecule has 2 amide bonds. The van der Waals surface area contributed by atoms with Crippen molar-refractivity contribution in [1.82, 2.24) is 10.8 Å². The summed E-state index contributed by atoms with van der Waals surface area (Å²) in [7, 11) is 0. The monoisotopic (exact) mass is 258 g/mol. The lowest BCUT2D eigenvalue weighted by atomic mass is 10.1. The molecule has 0 fully saturated rings. The van der Waals surface area contributed by atoms with Crippen molar-refractivity contribution in [2.45, 2.75) is 32.1 Å². The van der Waals surface area contributed by atoms with E-state index in [0.717, 1.165) is 25.7 Å². The highest BCUT2D eigenvalue weighted by Gasteiger charge is 2.05. The van der Waals surface area contributed by atoms with Crippen molar-refractivity contribution < 1.29 is 14.8 Å². The van der Waals surface area contributed by atoms with Gasteiger partial charge < -0.3 is 16.8 Å². The van der Waals surface area contributed by atoms with Crippen LogP contribution in [-0.2, 0) is 9.59 Å². The Bertz CT molecular complexity index is 292. The number of hydrogen-bond donors (Lipinski definition) is 5. The molecule has 0 aromatic heterocycles. The number of hydroxylamine groups is 1. The number of carbonyl (C=O) groups is 2. The summed E-state index contributed by atoms with van der Waals surface area (Å²) >= 11 is 0. The lowest BCUT2D eigenvalue weighted by Gasteiger charge is -2.06. The van der Waals surface area contributed by atoms with E-state index in [-0.39, 0.29) is 18.4 Å². The third kappa shape index (κ3) is 7.64. The molecule has 0 aromatic carbocycles. The molecule has 0 saturated heterocycles. The molecule has 0 aromatic rings. The zero-order valence-electron chi connectivity index (χ0n) is 10.4. The molecule has 7 N–H and O–H groups in total.